The van der Waals surface area contributed by atoms with Crippen LogP contribution in [0.25, 0.3) is 11.3 Å². The third kappa shape index (κ3) is 3.95. The number of anilines is 2. The second-order valence-electron chi connectivity index (χ2n) is 7.89. The van der Waals surface area contributed by atoms with Crippen LogP contribution in [0, 0.1) is 5.92 Å². The molecule has 1 fully saturated rings. The Labute approximate surface area is 189 Å². The second-order valence-corrected chi connectivity index (χ2v) is 8.97. The van der Waals surface area contributed by atoms with E-state index in [0.717, 1.165) is 40.5 Å². The van der Waals surface area contributed by atoms with Crippen molar-refractivity contribution in [1.29, 1.82) is 0 Å². The van der Waals surface area contributed by atoms with Crippen LogP contribution in [0.2, 0.25) is 0 Å². The summed E-state index contributed by atoms with van der Waals surface area (Å²) in [6.07, 6.45) is 3.08. The lowest BCUT2D eigenvalue weighted by Gasteiger charge is -2.38. The van der Waals surface area contributed by atoms with Crippen LogP contribution in [0.1, 0.15) is 29.8 Å². The van der Waals surface area contributed by atoms with Crippen LogP contribution in [-0.4, -0.2) is 46.5 Å². The number of amides is 1. The first-order valence-corrected chi connectivity index (χ1v) is 11.5. The summed E-state index contributed by atoms with van der Waals surface area (Å²) >= 11 is 1.45. The van der Waals surface area contributed by atoms with Gasteiger partial charge < -0.3 is 15.0 Å². The monoisotopic (exact) mass is 449 g/mol. The van der Waals surface area contributed by atoms with E-state index in [1.54, 1.807) is 13.3 Å². The van der Waals surface area contributed by atoms with Crippen LogP contribution in [0.4, 0.5) is 10.9 Å². The molecule has 0 spiro atoms. The molecule has 9 heteroatoms. The number of esters is 1. The number of nitrogens with one attached hydrogen (secondary N) is 1. The van der Waals surface area contributed by atoms with Crippen molar-refractivity contribution in [3.8, 4) is 11.3 Å². The molecule has 2 aromatic heterocycles. The minimum atomic E-state index is -0.317. The van der Waals surface area contributed by atoms with Gasteiger partial charge in [0.2, 0.25) is 5.91 Å². The number of rotatable bonds is 6. The van der Waals surface area contributed by atoms with E-state index in [1.165, 1.54) is 11.3 Å². The zero-order valence-corrected chi connectivity index (χ0v) is 18.5. The van der Waals surface area contributed by atoms with Crippen molar-refractivity contribution < 1.29 is 14.3 Å². The Kier molecular flexibility index (Phi) is 5.57. The van der Waals surface area contributed by atoms with E-state index in [4.69, 9.17) is 4.74 Å². The Hall–Kier alpha value is -3.33. The number of carbonyl (C=O) groups is 2. The fraction of sp³-hybridized carbons (Fsp3) is 0.348. The molecule has 1 N–H and O–H groups in total. The van der Waals surface area contributed by atoms with E-state index in [-0.39, 0.29) is 23.7 Å². The standard InChI is InChI=1S/C23H23N5O3S/c1-2-31-22(30)16-8-9-18-20(16)26-23(32-18)27-21(29)15-11-28(12-15)19-10-17(24-13-25-19)14-6-4-3-5-7-14/h3-7,10,13,15-16H,2,8-9,11-12H2,1H3,(H,26,27,29)/t16-/m1/s1. The number of hydrogen-bond donors (Lipinski definition) is 1. The third-order valence-electron chi connectivity index (χ3n) is 5.82. The van der Waals surface area contributed by atoms with Crippen LogP contribution in [-0.2, 0) is 20.7 Å². The van der Waals surface area contributed by atoms with E-state index < -0.39 is 0 Å². The fourth-order valence-electron chi connectivity index (χ4n) is 4.08. The predicted molar refractivity (Wildman–Crippen MR) is 122 cm³/mol. The number of benzene rings is 1. The minimum absolute atomic E-state index is 0.0568. The molecular weight excluding hydrogens is 426 g/mol. The first-order valence-electron chi connectivity index (χ1n) is 10.7. The van der Waals surface area contributed by atoms with Gasteiger partial charge in [0.15, 0.2) is 5.13 Å². The van der Waals surface area contributed by atoms with Crippen LogP contribution in [0.3, 0.4) is 0 Å². The van der Waals surface area contributed by atoms with E-state index in [2.05, 4.69) is 25.2 Å². The molecule has 3 heterocycles. The number of ether oxygens (including phenoxy) is 1. The van der Waals surface area contributed by atoms with E-state index in [0.29, 0.717) is 24.8 Å². The maximum Gasteiger partial charge on any atom is 0.315 e. The fourth-order valence-corrected chi connectivity index (χ4v) is 5.12. The summed E-state index contributed by atoms with van der Waals surface area (Å²) in [5.41, 5.74) is 2.65. The molecule has 32 heavy (non-hydrogen) atoms. The summed E-state index contributed by atoms with van der Waals surface area (Å²) in [6.45, 7) is 3.34. The molecule has 5 rings (SSSR count). The van der Waals surface area contributed by atoms with Crippen molar-refractivity contribution in [2.24, 2.45) is 5.92 Å². The molecule has 0 bridgehead atoms. The Morgan fingerprint density at radius 2 is 2.03 bits per heavy atom. The zero-order chi connectivity index (χ0) is 22.1. The molecule has 1 aliphatic heterocycles. The lowest BCUT2D eigenvalue weighted by molar-refractivity contribution is -0.145. The highest BCUT2D eigenvalue weighted by atomic mass is 32.1. The first-order chi connectivity index (χ1) is 15.6. The molecule has 1 aromatic carbocycles. The van der Waals surface area contributed by atoms with Gasteiger partial charge in [-0.05, 0) is 19.8 Å². The quantitative estimate of drug-likeness (QED) is 0.577. The minimum Gasteiger partial charge on any atom is -0.465 e. The van der Waals surface area contributed by atoms with E-state index >= 15 is 0 Å². The van der Waals surface area contributed by atoms with Crippen molar-refractivity contribution in [2.45, 2.75) is 25.7 Å². The van der Waals surface area contributed by atoms with Crippen LogP contribution in [0.15, 0.2) is 42.7 Å². The number of hydrogen-bond acceptors (Lipinski definition) is 8. The summed E-state index contributed by atoms with van der Waals surface area (Å²) < 4.78 is 5.15. The molecule has 0 saturated carbocycles. The van der Waals surface area contributed by atoms with Gasteiger partial charge in [0.05, 0.1) is 23.9 Å². The number of fused-ring (bicyclic) bond motifs is 1. The SMILES string of the molecule is CCOC(=O)[C@@H]1CCc2sc(NC(=O)C3CN(c4cc(-c5ccccc5)ncn4)C3)nc21. The third-order valence-corrected chi connectivity index (χ3v) is 6.86. The molecule has 1 amide bonds. The van der Waals surface area contributed by atoms with Gasteiger partial charge >= 0.3 is 5.97 Å². The molecule has 164 valence electrons. The average Bonchev–Trinajstić information content (AvgIpc) is 3.34. The van der Waals surface area contributed by atoms with Crippen LogP contribution in [0.5, 0.6) is 0 Å². The predicted octanol–water partition coefficient (Wildman–Crippen LogP) is 3.27. The van der Waals surface area contributed by atoms with Crippen molar-refractivity contribution in [2.75, 3.05) is 29.9 Å². The summed E-state index contributed by atoms with van der Waals surface area (Å²) in [7, 11) is 0. The van der Waals surface area contributed by atoms with Gasteiger partial charge in [0.25, 0.3) is 0 Å². The number of thiazole rings is 1. The average molecular weight is 450 g/mol. The Bertz CT molecular complexity index is 1140. The highest BCUT2D eigenvalue weighted by molar-refractivity contribution is 7.16. The van der Waals surface area contributed by atoms with Crippen molar-refractivity contribution in [1.82, 2.24) is 15.0 Å². The zero-order valence-electron chi connectivity index (χ0n) is 17.7. The largest absolute Gasteiger partial charge is 0.465 e. The highest BCUT2D eigenvalue weighted by Crippen LogP contribution is 2.39. The highest BCUT2D eigenvalue weighted by Gasteiger charge is 2.36. The Morgan fingerprint density at radius 3 is 2.81 bits per heavy atom. The van der Waals surface area contributed by atoms with Crippen molar-refractivity contribution >= 4 is 34.2 Å². The van der Waals surface area contributed by atoms with Crippen molar-refractivity contribution in [3.05, 3.63) is 53.3 Å². The van der Waals surface area contributed by atoms with Gasteiger partial charge in [0.1, 0.15) is 18.1 Å². The molecule has 1 atom stereocenters. The van der Waals surface area contributed by atoms with Gasteiger partial charge in [-0.25, -0.2) is 15.0 Å². The lowest BCUT2D eigenvalue weighted by Crippen LogP contribution is -2.52. The lowest BCUT2D eigenvalue weighted by atomic mass is 9.99. The molecule has 1 aliphatic carbocycles. The summed E-state index contributed by atoms with van der Waals surface area (Å²) in [6, 6.07) is 11.9. The van der Waals surface area contributed by atoms with Crippen molar-refractivity contribution in [3.63, 3.8) is 0 Å². The Morgan fingerprint density at radius 1 is 1.22 bits per heavy atom. The molecule has 0 radical (unpaired) electrons. The maximum absolute atomic E-state index is 12.7. The van der Waals surface area contributed by atoms with E-state index in [9.17, 15) is 9.59 Å². The molecule has 0 unspecified atom stereocenters. The summed E-state index contributed by atoms with van der Waals surface area (Å²) in [4.78, 5) is 41.2. The van der Waals surface area contributed by atoms with Gasteiger partial charge in [0, 0.05) is 29.6 Å². The van der Waals surface area contributed by atoms with Gasteiger partial charge in [-0.1, -0.05) is 30.3 Å². The molecule has 1 saturated heterocycles. The Balaban J connectivity index is 1.19. The normalized spacial score (nSPS) is 17.5. The summed E-state index contributed by atoms with van der Waals surface area (Å²) in [5, 5.41) is 3.49. The summed E-state index contributed by atoms with van der Waals surface area (Å²) in [5.74, 6) is 0.0724. The van der Waals surface area contributed by atoms with Crippen LogP contribution >= 0.6 is 11.3 Å². The number of carbonyl (C=O) groups excluding carboxylic acids is 2. The first kappa shape index (κ1) is 20.6. The maximum atomic E-state index is 12.7. The van der Waals surface area contributed by atoms with Gasteiger partial charge in [-0.15, -0.1) is 11.3 Å². The number of nitrogens with zero attached hydrogens (tertiary/aromatic N) is 4. The number of aryl methyl sites for hydroxylation is 1. The molecule has 2 aliphatic rings. The molecular formula is C23H23N5O3S. The topological polar surface area (TPSA) is 97.3 Å². The van der Waals surface area contributed by atoms with Crippen LogP contribution < -0.4 is 10.2 Å². The molecule has 3 aromatic rings. The van der Waals surface area contributed by atoms with Gasteiger partial charge in [-0.3, -0.25) is 9.59 Å². The molecule has 8 nitrogen and oxygen atoms in total. The smallest absolute Gasteiger partial charge is 0.315 e. The van der Waals surface area contributed by atoms with Gasteiger partial charge in [-0.2, -0.15) is 0 Å². The second kappa shape index (κ2) is 8.66. The number of aromatic nitrogens is 3. The van der Waals surface area contributed by atoms with E-state index in [1.807, 2.05) is 36.4 Å².